The third-order valence-electron chi connectivity index (χ3n) is 3.52. The van der Waals surface area contributed by atoms with Crippen molar-refractivity contribution in [3.05, 3.63) is 58.9 Å². The highest BCUT2D eigenvalue weighted by atomic mass is 35.5. The van der Waals surface area contributed by atoms with Crippen LogP contribution in [0.25, 0.3) is 16.7 Å². The number of benzene rings is 2. The van der Waals surface area contributed by atoms with Gasteiger partial charge in [-0.25, -0.2) is 4.98 Å². The van der Waals surface area contributed by atoms with E-state index in [0.717, 1.165) is 34.5 Å². The van der Waals surface area contributed by atoms with Crippen molar-refractivity contribution in [2.45, 2.75) is 20.0 Å². The number of rotatable bonds is 4. The Morgan fingerprint density at radius 2 is 1.95 bits per heavy atom. The summed E-state index contributed by atoms with van der Waals surface area (Å²) in [6.07, 6.45) is 0.862. The molecule has 4 heteroatoms. The number of hydrogen-bond donors (Lipinski definition) is 0. The zero-order valence-electron chi connectivity index (χ0n) is 12.1. The van der Waals surface area contributed by atoms with Gasteiger partial charge in [-0.1, -0.05) is 36.7 Å². The van der Waals surface area contributed by atoms with Crippen LogP contribution in [0, 0.1) is 0 Å². The van der Waals surface area contributed by atoms with Crippen LogP contribution < -0.4 is 0 Å². The van der Waals surface area contributed by atoms with Gasteiger partial charge in [-0.15, -0.1) is 0 Å². The first-order valence-electron chi connectivity index (χ1n) is 6.98. The fourth-order valence-electron chi connectivity index (χ4n) is 2.56. The van der Waals surface area contributed by atoms with E-state index in [1.807, 2.05) is 30.3 Å². The van der Waals surface area contributed by atoms with Crippen molar-refractivity contribution in [2.75, 3.05) is 7.11 Å². The van der Waals surface area contributed by atoms with E-state index in [1.54, 1.807) is 7.11 Å². The van der Waals surface area contributed by atoms with E-state index in [-0.39, 0.29) is 0 Å². The van der Waals surface area contributed by atoms with E-state index in [4.69, 9.17) is 21.3 Å². The molecule has 1 heterocycles. The first-order valence-corrected chi connectivity index (χ1v) is 7.36. The van der Waals surface area contributed by atoms with Gasteiger partial charge in [0, 0.05) is 24.2 Å². The molecule has 0 unspecified atom stereocenters. The Bertz CT molecular complexity index is 765. The lowest BCUT2D eigenvalue weighted by atomic mass is 10.2. The SMILES string of the molecule is CCc1nc2cc(COC)c(Cl)cc2n1-c1ccccc1. The molecule has 21 heavy (non-hydrogen) atoms. The zero-order chi connectivity index (χ0) is 14.8. The molecule has 2 aromatic carbocycles. The second-order valence-electron chi connectivity index (χ2n) is 4.92. The summed E-state index contributed by atoms with van der Waals surface area (Å²) in [4.78, 5) is 4.74. The first-order chi connectivity index (χ1) is 10.2. The van der Waals surface area contributed by atoms with Crippen LogP contribution in [-0.4, -0.2) is 16.7 Å². The monoisotopic (exact) mass is 300 g/mol. The molecule has 3 aromatic rings. The molecule has 0 radical (unpaired) electrons. The summed E-state index contributed by atoms with van der Waals surface area (Å²) in [7, 11) is 1.67. The maximum absolute atomic E-state index is 6.37. The number of fused-ring (bicyclic) bond motifs is 1. The van der Waals surface area contributed by atoms with Gasteiger partial charge in [-0.2, -0.15) is 0 Å². The molecule has 0 aliphatic rings. The standard InChI is InChI=1S/C17H17ClN2O/c1-3-17-19-15-9-12(11-21-2)14(18)10-16(15)20(17)13-7-5-4-6-8-13/h4-10H,3,11H2,1-2H3. The summed E-state index contributed by atoms with van der Waals surface area (Å²) in [5.41, 5.74) is 4.05. The lowest BCUT2D eigenvalue weighted by Gasteiger charge is -2.09. The lowest BCUT2D eigenvalue weighted by molar-refractivity contribution is 0.185. The van der Waals surface area contributed by atoms with Crippen molar-refractivity contribution in [3.63, 3.8) is 0 Å². The van der Waals surface area contributed by atoms with Gasteiger partial charge in [0.15, 0.2) is 0 Å². The van der Waals surface area contributed by atoms with Gasteiger partial charge in [0.2, 0.25) is 0 Å². The molecule has 0 atom stereocenters. The number of halogens is 1. The van der Waals surface area contributed by atoms with Crippen molar-refractivity contribution >= 4 is 22.6 Å². The fourth-order valence-corrected chi connectivity index (χ4v) is 2.77. The molecule has 0 saturated carbocycles. The van der Waals surface area contributed by atoms with Crippen LogP contribution in [0.15, 0.2) is 42.5 Å². The molecule has 0 bridgehead atoms. The average molecular weight is 301 g/mol. The Labute approximate surface area is 129 Å². The smallest absolute Gasteiger partial charge is 0.114 e. The quantitative estimate of drug-likeness (QED) is 0.714. The normalized spacial score (nSPS) is 11.2. The highest BCUT2D eigenvalue weighted by molar-refractivity contribution is 6.32. The summed E-state index contributed by atoms with van der Waals surface area (Å²) in [5, 5.41) is 0.712. The first kappa shape index (κ1) is 14.1. The third-order valence-corrected chi connectivity index (χ3v) is 3.87. The van der Waals surface area contributed by atoms with E-state index in [2.05, 4.69) is 23.6 Å². The molecular formula is C17H17ClN2O. The maximum Gasteiger partial charge on any atom is 0.114 e. The molecule has 0 N–H and O–H groups in total. The van der Waals surface area contributed by atoms with Crippen LogP contribution in [0.4, 0.5) is 0 Å². The summed E-state index contributed by atoms with van der Waals surface area (Å²) >= 11 is 6.37. The zero-order valence-corrected chi connectivity index (χ0v) is 12.9. The molecule has 1 aromatic heterocycles. The number of hydrogen-bond acceptors (Lipinski definition) is 2. The summed E-state index contributed by atoms with van der Waals surface area (Å²) < 4.78 is 7.35. The lowest BCUT2D eigenvalue weighted by Crippen LogP contribution is -1.99. The maximum atomic E-state index is 6.37. The molecule has 0 saturated heterocycles. The van der Waals surface area contributed by atoms with Gasteiger partial charge in [-0.3, -0.25) is 4.57 Å². The number of ether oxygens (including phenoxy) is 1. The van der Waals surface area contributed by atoms with Gasteiger partial charge in [0.1, 0.15) is 5.82 Å². The molecule has 0 amide bonds. The molecule has 3 nitrogen and oxygen atoms in total. The highest BCUT2D eigenvalue weighted by Gasteiger charge is 2.13. The predicted octanol–water partition coefficient (Wildman–Crippen LogP) is 4.39. The van der Waals surface area contributed by atoms with Crippen molar-refractivity contribution in [2.24, 2.45) is 0 Å². The van der Waals surface area contributed by atoms with Crippen molar-refractivity contribution in [1.82, 2.24) is 9.55 Å². The number of imidazole rings is 1. The Morgan fingerprint density at radius 1 is 1.19 bits per heavy atom. The molecule has 0 spiro atoms. The molecule has 0 aliphatic heterocycles. The van der Waals surface area contributed by atoms with Gasteiger partial charge in [-0.05, 0) is 29.8 Å². The third kappa shape index (κ3) is 2.55. The molecule has 0 aliphatic carbocycles. The van der Waals surface area contributed by atoms with Crippen molar-refractivity contribution < 1.29 is 4.74 Å². The molecule has 108 valence electrons. The van der Waals surface area contributed by atoms with E-state index in [1.165, 1.54) is 0 Å². The van der Waals surface area contributed by atoms with Crippen molar-refractivity contribution in [3.8, 4) is 5.69 Å². The Balaban J connectivity index is 2.26. The summed E-state index contributed by atoms with van der Waals surface area (Å²) in [5.74, 6) is 1.03. The largest absolute Gasteiger partial charge is 0.380 e. The van der Waals surface area contributed by atoms with Gasteiger partial charge in [0.05, 0.1) is 17.6 Å². The number of methoxy groups -OCH3 is 1. The van der Waals surface area contributed by atoms with Crippen LogP contribution >= 0.6 is 11.6 Å². The summed E-state index contributed by atoms with van der Waals surface area (Å²) in [6.45, 7) is 2.60. The van der Waals surface area contributed by atoms with Gasteiger partial charge in [0.25, 0.3) is 0 Å². The highest BCUT2D eigenvalue weighted by Crippen LogP contribution is 2.28. The number of aryl methyl sites for hydroxylation is 1. The van der Waals surface area contributed by atoms with Crippen LogP contribution in [0.2, 0.25) is 5.02 Å². The van der Waals surface area contributed by atoms with Gasteiger partial charge < -0.3 is 4.74 Å². The van der Waals surface area contributed by atoms with Crippen LogP contribution in [0.1, 0.15) is 18.3 Å². The summed E-state index contributed by atoms with van der Waals surface area (Å²) in [6, 6.07) is 14.2. The number of para-hydroxylation sites is 1. The minimum atomic E-state index is 0.494. The minimum Gasteiger partial charge on any atom is -0.380 e. The van der Waals surface area contributed by atoms with E-state index in [9.17, 15) is 0 Å². The minimum absolute atomic E-state index is 0.494. The van der Waals surface area contributed by atoms with Crippen LogP contribution in [0.3, 0.4) is 0 Å². The predicted molar refractivity (Wildman–Crippen MR) is 86.2 cm³/mol. The molecule has 3 rings (SSSR count). The topological polar surface area (TPSA) is 27.1 Å². The van der Waals surface area contributed by atoms with Crippen LogP contribution in [-0.2, 0) is 17.8 Å². The Hall–Kier alpha value is -1.84. The fraction of sp³-hybridized carbons (Fsp3) is 0.235. The number of nitrogens with zero attached hydrogens (tertiary/aromatic N) is 2. The molecular weight excluding hydrogens is 284 g/mol. The van der Waals surface area contributed by atoms with Crippen molar-refractivity contribution in [1.29, 1.82) is 0 Å². The van der Waals surface area contributed by atoms with Crippen LogP contribution in [0.5, 0.6) is 0 Å². The number of aromatic nitrogens is 2. The Kier molecular flexibility index (Phi) is 3.95. The second-order valence-corrected chi connectivity index (χ2v) is 5.33. The molecule has 0 fully saturated rings. The van der Waals surface area contributed by atoms with E-state index < -0.39 is 0 Å². The van der Waals surface area contributed by atoms with E-state index >= 15 is 0 Å². The Morgan fingerprint density at radius 3 is 2.62 bits per heavy atom. The second kappa shape index (κ2) is 5.88. The van der Waals surface area contributed by atoms with E-state index in [0.29, 0.717) is 11.6 Å². The average Bonchev–Trinajstić information content (AvgIpc) is 2.86. The van der Waals surface area contributed by atoms with Gasteiger partial charge >= 0.3 is 0 Å².